The summed E-state index contributed by atoms with van der Waals surface area (Å²) in [6, 6.07) is 6.44. The summed E-state index contributed by atoms with van der Waals surface area (Å²) in [6.07, 6.45) is 6.94. The van der Waals surface area contributed by atoms with E-state index in [0.29, 0.717) is 23.7 Å². The first-order valence-electron chi connectivity index (χ1n) is 11.6. The van der Waals surface area contributed by atoms with Crippen LogP contribution in [0.5, 0.6) is 0 Å². The molecule has 0 amide bonds. The fourth-order valence-electron chi connectivity index (χ4n) is 5.85. The molecule has 2 aromatic rings. The minimum Gasteiger partial charge on any atom is -0.383 e. The molecule has 7 heteroatoms. The number of allylic oxidation sites excluding steroid dienone is 3. The number of hydrogen-bond acceptors (Lipinski definition) is 7. The highest BCUT2D eigenvalue weighted by atomic mass is 32.1. The zero-order valence-electron chi connectivity index (χ0n) is 18.9. The molecule has 0 unspecified atom stereocenters. The third-order valence-electron chi connectivity index (χ3n) is 7.23. The Morgan fingerprint density at radius 1 is 1.24 bits per heavy atom. The van der Waals surface area contributed by atoms with Gasteiger partial charge in [0.05, 0.1) is 23.1 Å². The fourth-order valence-corrected chi connectivity index (χ4v) is 8.12. The van der Waals surface area contributed by atoms with Crippen molar-refractivity contribution in [3.05, 3.63) is 61.1 Å². The van der Waals surface area contributed by atoms with Gasteiger partial charge >= 0.3 is 0 Å². The second-order valence-corrected chi connectivity index (χ2v) is 12.2. The van der Waals surface area contributed by atoms with Gasteiger partial charge in [-0.2, -0.15) is 5.26 Å². The number of fused-ring (bicyclic) bond motifs is 6. The minimum absolute atomic E-state index is 0.146. The predicted octanol–water partition coefficient (Wildman–Crippen LogP) is 5.78. The van der Waals surface area contributed by atoms with Crippen LogP contribution in [0, 0.1) is 16.7 Å². The second kappa shape index (κ2) is 7.41. The topological polar surface area (TPSA) is 82.5 Å². The lowest BCUT2D eigenvalue weighted by atomic mass is 9.69. The molecule has 0 fully saturated rings. The van der Waals surface area contributed by atoms with Crippen LogP contribution >= 0.6 is 22.7 Å². The molecule has 5 nitrogen and oxygen atoms in total. The smallest absolute Gasteiger partial charge is 0.162 e. The SMILES string of the molecule is CC1(C)CC(=O)C2=C(C1)N1C(=C(C#N)[C@H]2c2cccs2)N=C(N)c2c1sc1c2CCCCC1. The van der Waals surface area contributed by atoms with Crippen molar-refractivity contribution in [2.75, 3.05) is 4.90 Å². The van der Waals surface area contributed by atoms with Crippen molar-refractivity contribution in [3.63, 3.8) is 0 Å². The summed E-state index contributed by atoms with van der Waals surface area (Å²) in [7, 11) is 0. The number of thiophene rings is 2. The van der Waals surface area contributed by atoms with Gasteiger partial charge in [-0.05, 0) is 54.5 Å². The van der Waals surface area contributed by atoms with E-state index in [-0.39, 0.29) is 17.1 Å². The Morgan fingerprint density at radius 2 is 2.06 bits per heavy atom. The van der Waals surface area contributed by atoms with E-state index in [1.807, 2.05) is 17.5 Å². The molecule has 0 saturated carbocycles. The van der Waals surface area contributed by atoms with Gasteiger partial charge in [0.1, 0.15) is 10.8 Å². The maximum Gasteiger partial charge on any atom is 0.162 e. The highest BCUT2D eigenvalue weighted by Gasteiger charge is 2.47. The average Bonchev–Trinajstić information content (AvgIpc) is 3.35. The van der Waals surface area contributed by atoms with Crippen LogP contribution in [-0.2, 0) is 17.6 Å². The summed E-state index contributed by atoms with van der Waals surface area (Å²) in [5.41, 5.74) is 11.1. The summed E-state index contributed by atoms with van der Waals surface area (Å²) in [5, 5.41) is 13.4. The third-order valence-corrected chi connectivity index (χ3v) is 9.45. The molecule has 2 aliphatic heterocycles. The Labute approximate surface area is 201 Å². The first-order chi connectivity index (χ1) is 15.9. The van der Waals surface area contributed by atoms with Crippen LogP contribution in [0.3, 0.4) is 0 Å². The molecular weight excluding hydrogens is 448 g/mol. The molecule has 0 saturated heterocycles. The Morgan fingerprint density at radius 3 is 2.82 bits per heavy atom. The van der Waals surface area contributed by atoms with Crippen LogP contribution in [-0.4, -0.2) is 11.6 Å². The first kappa shape index (κ1) is 20.9. The summed E-state index contributed by atoms with van der Waals surface area (Å²) in [6.45, 7) is 4.31. The largest absolute Gasteiger partial charge is 0.383 e. The molecule has 2 N–H and O–H groups in total. The second-order valence-electron chi connectivity index (χ2n) is 10.2. The van der Waals surface area contributed by atoms with Crippen molar-refractivity contribution >= 4 is 39.3 Å². The highest BCUT2D eigenvalue weighted by Crippen LogP contribution is 2.55. The number of hydrogen-bond donors (Lipinski definition) is 1. The standard InChI is InChI=1S/C26H26N4OS2/c1-26(2)11-16-22(17(31)12-26)20(19-9-6-10-32-19)15(13-27)24-29-23(28)21-14-7-4-3-5-8-18(14)33-25(21)30(16)24/h6,9-10,20H,3-5,7-8,11-12H2,1-2H3,(H2,28,29)/t20-/m0/s1. The quantitative estimate of drug-likeness (QED) is 0.531. The first-order valence-corrected chi connectivity index (χ1v) is 13.3. The van der Waals surface area contributed by atoms with Crippen molar-refractivity contribution in [3.8, 4) is 6.07 Å². The molecule has 0 aromatic carbocycles. The monoisotopic (exact) mass is 474 g/mol. The number of Topliss-reactive ketones (excluding diaryl/α,β-unsaturated/α-hetero) is 1. The number of amidine groups is 1. The zero-order valence-corrected chi connectivity index (χ0v) is 20.5. The molecule has 4 aliphatic rings. The molecular formula is C26H26N4OS2. The van der Waals surface area contributed by atoms with Crippen molar-refractivity contribution in [2.45, 2.75) is 64.7 Å². The van der Waals surface area contributed by atoms with Crippen LogP contribution in [0.25, 0.3) is 0 Å². The van der Waals surface area contributed by atoms with Gasteiger partial charge in [0.25, 0.3) is 0 Å². The maximum atomic E-state index is 13.6. The van der Waals surface area contributed by atoms with Crippen molar-refractivity contribution in [1.29, 1.82) is 5.26 Å². The van der Waals surface area contributed by atoms with E-state index in [4.69, 9.17) is 10.7 Å². The van der Waals surface area contributed by atoms with E-state index in [1.165, 1.54) is 23.3 Å². The normalized spacial score (nSPS) is 23.8. The number of ketones is 1. The van der Waals surface area contributed by atoms with Crippen LogP contribution < -0.4 is 10.6 Å². The number of nitrogens with zero attached hydrogens (tertiary/aromatic N) is 3. The molecule has 0 radical (unpaired) electrons. The molecule has 2 aromatic heterocycles. The van der Waals surface area contributed by atoms with E-state index in [2.05, 4.69) is 24.8 Å². The highest BCUT2D eigenvalue weighted by molar-refractivity contribution is 7.17. The van der Waals surface area contributed by atoms with Crippen LogP contribution in [0.4, 0.5) is 5.00 Å². The van der Waals surface area contributed by atoms with E-state index < -0.39 is 0 Å². The van der Waals surface area contributed by atoms with E-state index in [1.54, 1.807) is 22.7 Å². The van der Waals surface area contributed by atoms with Gasteiger partial charge in [0.2, 0.25) is 0 Å². The lowest BCUT2D eigenvalue weighted by Crippen LogP contribution is -2.41. The van der Waals surface area contributed by atoms with Crippen LogP contribution in [0.2, 0.25) is 0 Å². The number of carbonyl (C=O) groups excluding carboxylic acids is 1. The number of nitriles is 1. The molecule has 2 aliphatic carbocycles. The molecule has 6 rings (SSSR count). The molecule has 33 heavy (non-hydrogen) atoms. The number of rotatable bonds is 1. The molecule has 1 atom stereocenters. The van der Waals surface area contributed by atoms with Crippen molar-refractivity contribution in [1.82, 2.24) is 0 Å². The number of aryl methyl sites for hydroxylation is 1. The van der Waals surface area contributed by atoms with E-state index in [0.717, 1.165) is 52.4 Å². The van der Waals surface area contributed by atoms with Crippen LogP contribution in [0.15, 0.2) is 45.2 Å². The molecule has 0 spiro atoms. The van der Waals surface area contributed by atoms with E-state index in [9.17, 15) is 10.1 Å². The van der Waals surface area contributed by atoms with Gasteiger partial charge < -0.3 is 5.73 Å². The Balaban J connectivity index is 1.65. The average molecular weight is 475 g/mol. The number of nitrogens with two attached hydrogens (primary N) is 1. The van der Waals surface area contributed by atoms with Gasteiger partial charge in [-0.25, -0.2) is 4.99 Å². The van der Waals surface area contributed by atoms with Gasteiger partial charge in [0.15, 0.2) is 11.6 Å². The van der Waals surface area contributed by atoms with Crippen molar-refractivity contribution < 1.29 is 4.79 Å². The van der Waals surface area contributed by atoms with Gasteiger partial charge in [0, 0.05) is 27.4 Å². The minimum atomic E-state index is -0.365. The lowest BCUT2D eigenvalue weighted by Gasteiger charge is -2.44. The predicted molar refractivity (Wildman–Crippen MR) is 134 cm³/mol. The number of carbonyl (C=O) groups is 1. The fraction of sp³-hybridized carbons (Fsp3) is 0.423. The summed E-state index contributed by atoms with van der Waals surface area (Å²) in [4.78, 5) is 23.1. The summed E-state index contributed by atoms with van der Waals surface area (Å²) in [5.74, 6) is 0.907. The third kappa shape index (κ3) is 3.08. The molecule has 168 valence electrons. The van der Waals surface area contributed by atoms with Gasteiger partial charge in [-0.1, -0.05) is 26.3 Å². The van der Waals surface area contributed by atoms with Crippen molar-refractivity contribution in [2.24, 2.45) is 16.1 Å². The maximum absolute atomic E-state index is 13.6. The summed E-state index contributed by atoms with van der Waals surface area (Å²) >= 11 is 3.38. The number of aliphatic imine (C=N–C) groups is 1. The Hall–Kier alpha value is -2.69. The van der Waals surface area contributed by atoms with E-state index >= 15 is 0 Å². The zero-order chi connectivity index (χ0) is 22.9. The molecule has 0 bridgehead atoms. The van der Waals surface area contributed by atoms with Gasteiger partial charge in [-0.3, -0.25) is 9.69 Å². The molecule has 4 heterocycles. The number of anilines is 1. The van der Waals surface area contributed by atoms with Gasteiger partial charge in [-0.15, -0.1) is 22.7 Å². The van der Waals surface area contributed by atoms with Crippen LogP contribution in [0.1, 0.15) is 72.8 Å². The Bertz CT molecular complexity index is 1320. The summed E-state index contributed by atoms with van der Waals surface area (Å²) < 4.78 is 0. The lowest BCUT2D eigenvalue weighted by molar-refractivity contribution is -0.118. The Kier molecular flexibility index (Phi) is 4.69.